The Morgan fingerprint density at radius 1 is 1.44 bits per heavy atom. The summed E-state index contributed by atoms with van der Waals surface area (Å²) in [5.41, 5.74) is 0.669. The van der Waals surface area contributed by atoms with Crippen molar-refractivity contribution >= 4 is 29.5 Å². The van der Waals surface area contributed by atoms with E-state index in [-0.39, 0.29) is 5.57 Å². The molecule has 0 amide bonds. The van der Waals surface area contributed by atoms with Crippen LogP contribution in [0.15, 0.2) is 23.1 Å². The summed E-state index contributed by atoms with van der Waals surface area (Å²) in [4.78, 5) is 11.0. The molecule has 0 saturated heterocycles. The summed E-state index contributed by atoms with van der Waals surface area (Å²) < 4.78 is 0. The average Bonchev–Trinajstić information content (AvgIpc) is 2.70. The number of allylic oxidation sites excluding steroid dienone is 1. The van der Waals surface area contributed by atoms with E-state index >= 15 is 0 Å². The molecule has 1 aromatic heterocycles. The molecule has 0 aliphatic heterocycles. The van der Waals surface area contributed by atoms with E-state index < -0.39 is 5.97 Å². The number of nitriles is 2. The Hall–Kier alpha value is -2.37. The number of nitrogens with zero attached hydrogens (tertiary/aromatic N) is 2. The molecule has 0 saturated carbocycles. The lowest BCUT2D eigenvalue weighted by molar-refractivity contribution is -0.131. The van der Waals surface area contributed by atoms with Crippen LogP contribution in [0, 0.1) is 22.7 Å². The molecule has 78 valence electrons. The standard InChI is InChI=1S/C11H6N2O2S/c12-6-8(7-13)5-10-9(3-4-16-10)1-2-11(14)15/h1-5H,(H,14,15)/b2-1+. The largest absolute Gasteiger partial charge is 0.478 e. The van der Waals surface area contributed by atoms with Gasteiger partial charge >= 0.3 is 5.97 Å². The normalized spacial score (nSPS) is 9.38. The van der Waals surface area contributed by atoms with E-state index in [2.05, 4.69) is 0 Å². The van der Waals surface area contributed by atoms with Crippen molar-refractivity contribution < 1.29 is 9.90 Å². The van der Waals surface area contributed by atoms with Crippen LogP contribution in [0.5, 0.6) is 0 Å². The lowest BCUT2D eigenvalue weighted by Crippen LogP contribution is -1.85. The fourth-order valence-corrected chi connectivity index (χ4v) is 1.79. The van der Waals surface area contributed by atoms with Crippen LogP contribution in [-0.4, -0.2) is 11.1 Å². The third-order valence-electron chi connectivity index (χ3n) is 1.65. The molecule has 4 nitrogen and oxygen atoms in total. The number of hydrogen-bond donors (Lipinski definition) is 1. The van der Waals surface area contributed by atoms with Gasteiger partial charge in [0, 0.05) is 11.0 Å². The molecular formula is C11H6N2O2S. The number of carbonyl (C=O) groups is 1. The molecule has 0 atom stereocenters. The maximum absolute atomic E-state index is 10.3. The van der Waals surface area contributed by atoms with Gasteiger partial charge in [-0.15, -0.1) is 11.3 Å². The van der Waals surface area contributed by atoms with Crippen molar-refractivity contribution in [2.45, 2.75) is 0 Å². The zero-order valence-electron chi connectivity index (χ0n) is 8.04. The second-order valence-electron chi connectivity index (χ2n) is 2.69. The molecule has 1 heterocycles. The first-order chi connectivity index (χ1) is 7.67. The summed E-state index contributed by atoms with van der Waals surface area (Å²) in [7, 11) is 0. The van der Waals surface area contributed by atoms with Crippen LogP contribution in [-0.2, 0) is 4.79 Å². The second-order valence-corrected chi connectivity index (χ2v) is 3.64. The summed E-state index contributed by atoms with van der Waals surface area (Å²) in [5.74, 6) is -1.04. The molecule has 0 aliphatic carbocycles. The highest BCUT2D eigenvalue weighted by Crippen LogP contribution is 2.21. The van der Waals surface area contributed by atoms with Gasteiger partial charge in [-0.05, 0) is 29.2 Å². The summed E-state index contributed by atoms with van der Waals surface area (Å²) in [6, 6.07) is 5.22. The molecule has 0 bridgehead atoms. The van der Waals surface area contributed by atoms with Gasteiger partial charge in [0.1, 0.15) is 17.7 Å². The van der Waals surface area contributed by atoms with Gasteiger partial charge in [-0.1, -0.05) is 0 Å². The fraction of sp³-hybridized carbons (Fsp3) is 0. The summed E-state index contributed by atoms with van der Waals surface area (Å²) in [6.45, 7) is 0. The molecule has 0 aromatic carbocycles. The predicted octanol–water partition coefficient (Wildman–Crippen LogP) is 2.28. The minimum absolute atomic E-state index is 0.00701. The van der Waals surface area contributed by atoms with Gasteiger partial charge in [0.05, 0.1) is 0 Å². The van der Waals surface area contributed by atoms with Crippen molar-refractivity contribution in [1.29, 1.82) is 10.5 Å². The highest BCUT2D eigenvalue weighted by molar-refractivity contribution is 7.11. The van der Waals surface area contributed by atoms with Gasteiger partial charge in [-0.2, -0.15) is 10.5 Å². The van der Waals surface area contributed by atoms with Gasteiger partial charge in [0.2, 0.25) is 0 Å². The van der Waals surface area contributed by atoms with Crippen molar-refractivity contribution in [2.75, 3.05) is 0 Å². The van der Waals surface area contributed by atoms with Crippen molar-refractivity contribution in [3.63, 3.8) is 0 Å². The van der Waals surface area contributed by atoms with Crippen LogP contribution >= 0.6 is 11.3 Å². The Bertz CT molecular complexity index is 525. The lowest BCUT2D eigenvalue weighted by Gasteiger charge is -1.90. The minimum atomic E-state index is -1.04. The van der Waals surface area contributed by atoms with E-state index in [1.54, 1.807) is 23.6 Å². The first-order valence-corrected chi connectivity index (χ1v) is 5.05. The van der Waals surface area contributed by atoms with Crippen LogP contribution in [0.2, 0.25) is 0 Å². The van der Waals surface area contributed by atoms with Gasteiger partial charge < -0.3 is 5.11 Å². The number of aliphatic carboxylic acids is 1. The van der Waals surface area contributed by atoms with E-state index in [1.807, 2.05) is 0 Å². The van der Waals surface area contributed by atoms with Crippen LogP contribution < -0.4 is 0 Å². The number of carboxylic acids is 1. The minimum Gasteiger partial charge on any atom is -0.478 e. The number of thiophene rings is 1. The van der Waals surface area contributed by atoms with Gasteiger partial charge in [-0.25, -0.2) is 4.79 Å². The smallest absolute Gasteiger partial charge is 0.328 e. The van der Waals surface area contributed by atoms with E-state index in [0.717, 1.165) is 6.08 Å². The van der Waals surface area contributed by atoms with Crippen molar-refractivity contribution in [3.8, 4) is 12.1 Å². The summed E-state index contributed by atoms with van der Waals surface area (Å²) >= 11 is 1.34. The number of hydrogen-bond acceptors (Lipinski definition) is 4. The maximum atomic E-state index is 10.3. The van der Waals surface area contributed by atoms with E-state index in [9.17, 15) is 4.79 Å². The maximum Gasteiger partial charge on any atom is 0.328 e. The van der Waals surface area contributed by atoms with E-state index in [1.165, 1.54) is 23.5 Å². The highest BCUT2D eigenvalue weighted by atomic mass is 32.1. The molecule has 0 unspecified atom stereocenters. The summed E-state index contributed by atoms with van der Waals surface area (Å²) in [5, 5.41) is 27.4. The van der Waals surface area contributed by atoms with Crippen molar-refractivity contribution in [1.82, 2.24) is 0 Å². The third-order valence-corrected chi connectivity index (χ3v) is 2.53. The molecule has 5 heteroatoms. The number of rotatable bonds is 3. The lowest BCUT2D eigenvalue weighted by atomic mass is 10.2. The monoisotopic (exact) mass is 230 g/mol. The first-order valence-electron chi connectivity index (χ1n) is 4.17. The van der Waals surface area contributed by atoms with Crippen molar-refractivity contribution in [2.24, 2.45) is 0 Å². The zero-order valence-corrected chi connectivity index (χ0v) is 8.86. The molecule has 0 aliphatic rings. The van der Waals surface area contributed by atoms with Crippen LogP contribution in [0.4, 0.5) is 0 Å². The van der Waals surface area contributed by atoms with E-state index in [4.69, 9.17) is 15.6 Å². The highest BCUT2D eigenvalue weighted by Gasteiger charge is 2.01. The Balaban J connectivity index is 3.06. The van der Waals surface area contributed by atoms with Gasteiger partial charge in [-0.3, -0.25) is 0 Å². The zero-order chi connectivity index (χ0) is 12.0. The molecule has 1 N–H and O–H groups in total. The molecule has 0 radical (unpaired) electrons. The first kappa shape index (κ1) is 11.7. The molecular weight excluding hydrogens is 224 g/mol. The third kappa shape index (κ3) is 3.09. The molecule has 1 rings (SSSR count). The van der Waals surface area contributed by atoms with Crippen molar-refractivity contribution in [3.05, 3.63) is 33.5 Å². The summed E-state index contributed by atoms with van der Waals surface area (Å²) in [6.07, 6.45) is 3.88. The molecule has 16 heavy (non-hydrogen) atoms. The molecule has 1 aromatic rings. The van der Waals surface area contributed by atoms with E-state index in [0.29, 0.717) is 10.4 Å². The Morgan fingerprint density at radius 3 is 2.69 bits per heavy atom. The van der Waals surface area contributed by atoms with Gasteiger partial charge in [0.25, 0.3) is 0 Å². The van der Waals surface area contributed by atoms with Crippen LogP contribution in [0.1, 0.15) is 10.4 Å². The quantitative estimate of drug-likeness (QED) is 0.637. The Kier molecular flexibility index (Phi) is 4.02. The topological polar surface area (TPSA) is 84.9 Å². The van der Waals surface area contributed by atoms with Crippen LogP contribution in [0.3, 0.4) is 0 Å². The van der Waals surface area contributed by atoms with Gasteiger partial charge in [0.15, 0.2) is 0 Å². The molecule has 0 spiro atoms. The second kappa shape index (κ2) is 5.50. The Labute approximate surface area is 96.0 Å². The number of carboxylic acid groups (broad SMARTS) is 1. The SMILES string of the molecule is N#CC(C#N)=Cc1sccc1/C=C/C(=O)O. The molecule has 0 fully saturated rings. The Morgan fingerprint density at radius 2 is 2.12 bits per heavy atom. The predicted molar refractivity (Wildman–Crippen MR) is 60.2 cm³/mol. The fourth-order valence-electron chi connectivity index (χ4n) is 0.968. The average molecular weight is 230 g/mol. The van der Waals surface area contributed by atoms with Crippen LogP contribution in [0.25, 0.3) is 12.2 Å².